The first-order valence-corrected chi connectivity index (χ1v) is 6.92. The van der Waals surface area contributed by atoms with Gasteiger partial charge in [-0.25, -0.2) is 0 Å². The second-order valence-electron chi connectivity index (χ2n) is 5.24. The lowest BCUT2D eigenvalue weighted by Gasteiger charge is -2.35. The molecule has 3 N–H and O–H groups in total. The molecule has 0 aliphatic carbocycles. The van der Waals surface area contributed by atoms with E-state index in [-0.39, 0.29) is 11.8 Å². The van der Waals surface area contributed by atoms with Crippen LogP contribution >= 0.6 is 0 Å². The minimum Gasteiger partial charge on any atom is -0.370 e. The zero-order valence-electron chi connectivity index (χ0n) is 11.8. The van der Waals surface area contributed by atoms with E-state index in [4.69, 9.17) is 5.73 Å². The van der Waals surface area contributed by atoms with Gasteiger partial charge in [0.1, 0.15) is 0 Å². The summed E-state index contributed by atoms with van der Waals surface area (Å²) >= 11 is 0. The molecule has 1 heterocycles. The number of anilines is 1. The van der Waals surface area contributed by atoms with E-state index in [9.17, 15) is 4.79 Å². The van der Waals surface area contributed by atoms with Crippen molar-refractivity contribution < 1.29 is 4.79 Å². The van der Waals surface area contributed by atoms with Gasteiger partial charge in [0, 0.05) is 32.4 Å². The molecule has 4 nitrogen and oxygen atoms in total. The predicted octanol–water partition coefficient (Wildman–Crippen LogP) is 1.42. The average molecular weight is 261 g/mol. The molecule has 1 amide bonds. The standard InChI is InChI=1S/C15H23N3O/c1-11-5-6-12(9-16)14(8-11)18-7-3-4-13(10-18)15(19)17-2/h5-6,8,13H,3-4,7,9-10,16H2,1-2H3,(H,17,19). The summed E-state index contributed by atoms with van der Waals surface area (Å²) in [6, 6.07) is 6.36. The number of nitrogens with two attached hydrogens (primary N) is 1. The number of rotatable bonds is 3. The molecule has 2 rings (SSSR count). The summed E-state index contributed by atoms with van der Waals surface area (Å²) in [5, 5.41) is 2.76. The van der Waals surface area contributed by atoms with Gasteiger partial charge in [-0.3, -0.25) is 4.79 Å². The van der Waals surface area contributed by atoms with Crippen LogP contribution < -0.4 is 16.0 Å². The Hall–Kier alpha value is -1.55. The maximum Gasteiger partial charge on any atom is 0.224 e. The molecule has 4 heteroatoms. The quantitative estimate of drug-likeness (QED) is 0.865. The maximum absolute atomic E-state index is 11.8. The highest BCUT2D eigenvalue weighted by atomic mass is 16.1. The van der Waals surface area contributed by atoms with Gasteiger partial charge in [-0.1, -0.05) is 12.1 Å². The zero-order chi connectivity index (χ0) is 13.8. The fourth-order valence-electron chi connectivity index (χ4n) is 2.75. The number of amides is 1. The Morgan fingerprint density at radius 1 is 1.53 bits per heavy atom. The monoisotopic (exact) mass is 261 g/mol. The number of hydrogen-bond acceptors (Lipinski definition) is 3. The van der Waals surface area contributed by atoms with Gasteiger partial charge < -0.3 is 16.0 Å². The molecule has 1 aliphatic heterocycles. The molecule has 0 radical (unpaired) electrons. The highest BCUT2D eigenvalue weighted by Gasteiger charge is 2.26. The van der Waals surface area contributed by atoms with Gasteiger partial charge in [-0.2, -0.15) is 0 Å². The summed E-state index contributed by atoms with van der Waals surface area (Å²) in [6.45, 7) is 4.42. The largest absolute Gasteiger partial charge is 0.370 e. The van der Waals surface area contributed by atoms with E-state index in [1.165, 1.54) is 11.3 Å². The number of carbonyl (C=O) groups is 1. The molecule has 19 heavy (non-hydrogen) atoms. The highest BCUT2D eigenvalue weighted by Crippen LogP contribution is 2.27. The number of carbonyl (C=O) groups excluding carboxylic acids is 1. The molecule has 1 fully saturated rings. The molecule has 1 saturated heterocycles. The lowest BCUT2D eigenvalue weighted by atomic mass is 9.95. The van der Waals surface area contributed by atoms with E-state index in [1.54, 1.807) is 7.05 Å². The van der Waals surface area contributed by atoms with Crippen molar-refractivity contribution in [2.45, 2.75) is 26.3 Å². The number of piperidine rings is 1. The van der Waals surface area contributed by atoms with Crippen LogP contribution in [0.25, 0.3) is 0 Å². The molecule has 1 aromatic carbocycles. The topological polar surface area (TPSA) is 58.4 Å². The van der Waals surface area contributed by atoms with Gasteiger partial charge >= 0.3 is 0 Å². The summed E-state index contributed by atoms with van der Waals surface area (Å²) in [7, 11) is 1.71. The smallest absolute Gasteiger partial charge is 0.224 e. The molecule has 0 saturated carbocycles. The number of aryl methyl sites for hydroxylation is 1. The molecule has 1 aliphatic rings. The zero-order valence-corrected chi connectivity index (χ0v) is 11.8. The summed E-state index contributed by atoms with van der Waals surface area (Å²) in [5.41, 5.74) is 9.40. The van der Waals surface area contributed by atoms with Gasteiger partial charge in [0.25, 0.3) is 0 Å². The average Bonchev–Trinajstić information content (AvgIpc) is 2.46. The minimum absolute atomic E-state index is 0.0879. The van der Waals surface area contributed by atoms with Crippen molar-refractivity contribution >= 4 is 11.6 Å². The number of hydrogen-bond donors (Lipinski definition) is 2. The Balaban J connectivity index is 2.21. The predicted molar refractivity (Wildman–Crippen MR) is 78.1 cm³/mol. The Morgan fingerprint density at radius 3 is 3.00 bits per heavy atom. The van der Waals surface area contributed by atoms with Crippen molar-refractivity contribution in [1.29, 1.82) is 0 Å². The lowest BCUT2D eigenvalue weighted by Crippen LogP contribution is -2.42. The van der Waals surface area contributed by atoms with E-state index in [2.05, 4.69) is 35.3 Å². The van der Waals surface area contributed by atoms with E-state index in [0.29, 0.717) is 6.54 Å². The van der Waals surface area contributed by atoms with Gasteiger partial charge in [-0.05, 0) is 37.0 Å². The first-order chi connectivity index (χ1) is 9.15. The number of nitrogens with one attached hydrogen (secondary N) is 1. The van der Waals surface area contributed by atoms with Crippen molar-refractivity contribution in [3.05, 3.63) is 29.3 Å². The van der Waals surface area contributed by atoms with Crippen LogP contribution in [-0.4, -0.2) is 26.0 Å². The Bertz CT molecular complexity index is 459. The van der Waals surface area contributed by atoms with E-state index >= 15 is 0 Å². The highest BCUT2D eigenvalue weighted by molar-refractivity contribution is 5.79. The summed E-state index contributed by atoms with van der Waals surface area (Å²) in [4.78, 5) is 14.1. The molecular weight excluding hydrogens is 238 g/mol. The minimum atomic E-state index is 0.0879. The Labute approximate surface area is 115 Å². The molecule has 0 spiro atoms. The molecule has 1 unspecified atom stereocenters. The fraction of sp³-hybridized carbons (Fsp3) is 0.533. The fourth-order valence-corrected chi connectivity index (χ4v) is 2.75. The van der Waals surface area contributed by atoms with Crippen LogP contribution in [0.2, 0.25) is 0 Å². The lowest BCUT2D eigenvalue weighted by molar-refractivity contribution is -0.124. The van der Waals surface area contributed by atoms with Crippen LogP contribution in [0, 0.1) is 12.8 Å². The van der Waals surface area contributed by atoms with Crippen molar-refractivity contribution in [3.8, 4) is 0 Å². The maximum atomic E-state index is 11.8. The van der Waals surface area contributed by atoms with Crippen molar-refractivity contribution in [3.63, 3.8) is 0 Å². The van der Waals surface area contributed by atoms with E-state index < -0.39 is 0 Å². The summed E-state index contributed by atoms with van der Waals surface area (Å²) in [6.07, 6.45) is 2.02. The van der Waals surface area contributed by atoms with E-state index in [1.807, 2.05) is 0 Å². The molecule has 1 aromatic rings. The molecule has 0 bridgehead atoms. The van der Waals surface area contributed by atoms with Crippen LogP contribution in [-0.2, 0) is 11.3 Å². The number of benzene rings is 1. The summed E-state index contributed by atoms with van der Waals surface area (Å²) < 4.78 is 0. The van der Waals surface area contributed by atoms with Crippen LogP contribution in [0.3, 0.4) is 0 Å². The van der Waals surface area contributed by atoms with Gasteiger partial charge in [0.05, 0.1) is 5.92 Å². The second kappa shape index (κ2) is 6.06. The van der Waals surface area contributed by atoms with Crippen molar-refractivity contribution in [2.75, 3.05) is 25.0 Å². The summed E-state index contributed by atoms with van der Waals surface area (Å²) in [5.74, 6) is 0.233. The van der Waals surface area contributed by atoms with Gasteiger partial charge in [-0.15, -0.1) is 0 Å². The third-order valence-electron chi connectivity index (χ3n) is 3.84. The first kappa shape index (κ1) is 13.9. The Kier molecular flexibility index (Phi) is 4.43. The SMILES string of the molecule is CNC(=O)C1CCCN(c2cc(C)ccc2CN)C1. The second-order valence-corrected chi connectivity index (χ2v) is 5.24. The molecular formula is C15H23N3O. The Morgan fingerprint density at radius 2 is 2.32 bits per heavy atom. The van der Waals surface area contributed by atoms with Crippen molar-refractivity contribution in [1.82, 2.24) is 5.32 Å². The van der Waals surface area contributed by atoms with Crippen LogP contribution in [0.15, 0.2) is 18.2 Å². The van der Waals surface area contributed by atoms with Crippen LogP contribution in [0.1, 0.15) is 24.0 Å². The number of nitrogens with zero attached hydrogens (tertiary/aromatic N) is 1. The van der Waals surface area contributed by atoms with Crippen LogP contribution in [0.5, 0.6) is 0 Å². The first-order valence-electron chi connectivity index (χ1n) is 6.92. The van der Waals surface area contributed by atoms with Gasteiger partial charge in [0.15, 0.2) is 0 Å². The van der Waals surface area contributed by atoms with Gasteiger partial charge in [0.2, 0.25) is 5.91 Å². The molecule has 0 aromatic heterocycles. The van der Waals surface area contributed by atoms with E-state index in [0.717, 1.165) is 31.5 Å². The normalized spacial score (nSPS) is 19.3. The molecule has 104 valence electrons. The third-order valence-corrected chi connectivity index (χ3v) is 3.84. The van der Waals surface area contributed by atoms with Crippen molar-refractivity contribution in [2.24, 2.45) is 11.7 Å². The van der Waals surface area contributed by atoms with Crippen LogP contribution in [0.4, 0.5) is 5.69 Å². The molecule has 1 atom stereocenters. The third kappa shape index (κ3) is 3.07.